The number of esters is 1. The van der Waals surface area contributed by atoms with Gasteiger partial charge in [-0.1, -0.05) is 65.1 Å². The van der Waals surface area contributed by atoms with Crippen molar-refractivity contribution >= 4 is 52.3 Å². The number of hydrogen-bond donors (Lipinski definition) is 2. The van der Waals surface area contributed by atoms with Gasteiger partial charge in [0.1, 0.15) is 6.61 Å². The minimum Gasteiger partial charge on any atom is -0.455 e. The van der Waals surface area contributed by atoms with Crippen molar-refractivity contribution in [1.82, 2.24) is 10.6 Å². The van der Waals surface area contributed by atoms with Crippen molar-refractivity contribution in [3.05, 3.63) is 35.9 Å². The van der Waals surface area contributed by atoms with Gasteiger partial charge in [-0.2, -0.15) is 0 Å². The zero-order valence-corrected chi connectivity index (χ0v) is 17.5. The van der Waals surface area contributed by atoms with Crippen LogP contribution in [0, 0.1) is 5.92 Å². The Morgan fingerprint density at radius 1 is 1.14 bits per heavy atom. The highest BCUT2D eigenvalue weighted by atomic mass is 35.6. The van der Waals surface area contributed by atoms with Crippen molar-refractivity contribution in [2.24, 2.45) is 5.92 Å². The molecule has 0 spiro atoms. The van der Waals surface area contributed by atoms with Crippen molar-refractivity contribution in [1.29, 1.82) is 0 Å². The van der Waals surface area contributed by atoms with Crippen LogP contribution in [-0.4, -0.2) is 53.6 Å². The molecule has 0 radical (unpaired) electrons. The summed E-state index contributed by atoms with van der Waals surface area (Å²) in [6.07, 6.45) is 0.834. The number of benzene rings is 1. The molecule has 0 saturated carbocycles. The summed E-state index contributed by atoms with van der Waals surface area (Å²) in [4.78, 5) is 37.1. The summed E-state index contributed by atoms with van der Waals surface area (Å²) >= 11 is 16.6. The largest absolute Gasteiger partial charge is 0.455 e. The summed E-state index contributed by atoms with van der Waals surface area (Å²) in [5.74, 6) is -2.60. The maximum Gasteiger partial charge on any atom is 0.374 e. The minimum absolute atomic E-state index is 0.0920. The molecule has 0 amide bonds. The van der Waals surface area contributed by atoms with Gasteiger partial charge in [-0.05, 0) is 18.4 Å². The molecule has 1 fully saturated rings. The van der Waals surface area contributed by atoms with E-state index in [1.807, 2.05) is 30.3 Å². The lowest BCUT2D eigenvalue weighted by molar-refractivity contribution is -0.154. The third-order valence-corrected chi connectivity index (χ3v) is 4.76. The molecule has 6 nitrogen and oxygen atoms in total. The number of alkyl halides is 3. The van der Waals surface area contributed by atoms with Crippen LogP contribution >= 0.6 is 34.8 Å². The van der Waals surface area contributed by atoms with Gasteiger partial charge in [0.2, 0.25) is 9.58 Å². The van der Waals surface area contributed by atoms with Gasteiger partial charge >= 0.3 is 5.97 Å². The van der Waals surface area contributed by atoms with E-state index >= 15 is 0 Å². The highest BCUT2D eigenvalue weighted by Crippen LogP contribution is 2.26. The van der Waals surface area contributed by atoms with Gasteiger partial charge < -0.3 is 15.4 Å². The van der Waals surface area contributed by atoms with Crippen LogP contribution in [0.5, 0.6) is 0 Å². The molecule has 9 heteroatoms. The summed E-state index contributed by atoms with van der Waals surface area (Å²) < 4.78 is 2.94. The van der Waals surface area contributed by atoms with Gasteiger partial charge in [-0.25, -0.2) is 4.79 Å². The first-order chi connectivity index (χ1) is 13.3. The van der Waals surface area contributed by atoms with Crippen LogP contribution in [0.1, 0.15) is 18.4 Å². The molecule has 2 atom stereocenters. The molecule has 2 N–H and O–H groups in total. The Balaban J connectivity index is 2.00. The van der Waals surface area contributed by atoms with Crippen LogP contribution < -0.4 is 10.6 Å². The number of ether oxygens (including phenoxy) is 1. The molecule has 0 aromatic heterocycles. The lowest BCUT2D eigenvalue weighted by Gasteiger charge is -2.27. The van der Waals surface area contributed by atoms with E-state index in [9.17, 15) is 14.4 Å². The first kappa shape index (κ1) is 23.1. The molecule has 0 aliphatic carbocycles. The van der Waals surface area contributed by atoms with E-state index in [-0.39, 0.29) is 18.2 Å². The second-order valence-electron chi connectivity index (χ2n) is 6.65. The molecular formula is C19H23Cl3N2O4. The smallest absolute Gasteiger partial charge is 0.374 e. The van der Waals surface area contributed by atoms with Crippen LogP contribution in [0.25, 0.3) is 0 Å². The van der Waals surface area contributed by atoms with Crippen molar-refractivity contribution in [3.8, 4) is 0 Å². The molecule has 0 bridgehead atoms. The second-order valence-corrected chi connectivity index (χ2v) is 9.17. The first-order valence-corrected chi connectivity index (χ1v) is 10.2. The Labute approximate surface area is 179 Å². The number of nitrogens with one attached hydrogen (secondary N) is 2. The Kier molecular flexibility index (Phi) is 9.18. The molecule has 154 valence electrons. The summed E-state index contributed by atoms with van der Waals surface area (Å²) in [6.45, 7) is 1.41. The SMILES string of the molecule is O=C(C[C@@H](CCc1ccccc1)C(=O)[C@@H]1CNCCN1)C(=O)OCC(Cl)(Cl)Cl. The van der Waals surface area contributed by atoms with Crippen LogP contribution in [0.15, 0.2) is 30.3 Å². The van der Waals surface area contributed by atoms with Crippen molar-refractivity contribution in [2.45, 2.75) is 29.1 Å². The van der Waals surface area contributed by atoms with Crippen LogP contribution in [0.4, 0.5) is 0 Å². The maximum absolute atomic E-state index is 12.9. The molecule has 1 aromatic carbocycles. The van der Waals surface area contributed by atoms with Gasteiger partial charge in [0.05, 0.1) is 6.04 Å². The van der Waals surface area contributed by atoms with Crippen molar-refractivity contribution < 1.29 is 19.1 Å². The molecule has 1 saturated heterocycles. The number of hydrogen-bond acceptors (Lipinski definition) is 6. The number of carbonyl (C=O) groups is 3. The highest BCUT2D eigenvalue weighted by Gasteiger charge is 2.32. The molecule has 28 heavy (non-hydrogen) atoms. The number of aryl methyl sites for hydroxylation is 1. The van der Waals surface area contributed by atoms with E-state index in [0.29, 0.717) is 25.9 Å². The number of ketones is 2. The van der Waals surface area contributed by atoms with Crippen molar-refractivity contribution in [3.63, 3.8) is 0 Å². The monoisotopic (exact) mass is 448 g/mol. The zero-order valence-electron chi connectivity index (χ0n) is 15.3. The third-order valence-electron chi connectivity index (χ3n) is 4.44. The Morgan fingerprint density at radius 2 is 1.86 bits per heavy atom. The fraction of sp³-hybridized carbons (Fsp3) is 0.526. The summed E-state index contributed by atoms with van der Waals surface area (Å²) in [5.41, 5.74) is 1.06. The standard InChI is InChI=1S/C19H23Cl3N2O4/c20-19(21,22)12-28-18(27)16(25)10-14(7-6-13-4-2-1-3-5-13)17(26)15-11-23-8-9-24-15/h1-5,14-15,23-24H,6-12H2/t14-,15+/m1/s1. The number of Topliss-reactive ketones (excluding diaryl/α,β-unsaturated/α-hetero) is 2. The molecule has 1 aliphatic rings. The number of rotatable bonds is 9. The van der Waals surface area contributed by atoms with E-state index in [4.69, 9.17) is 39.5 Å². The fourth-order valence-electron chi connectivity index (χ4n) is 3.00. The van der Waals surface area contributed by atoms with Gasteiger partial charge in [-0.15, -0.1) is 0 Å². The van der Waals surface area contributed by atoms with Crippen molar-refractivity contribution in [2.75, 3.05) is 26.2 Å². The summed E-state index contributed by atoms with van der Waals surface area (Å²) in [6, 6.07) is 9.27. The summed E-state index contributed by atoms with van der Waals surface area (Å²) in [7, 11) is 0. The Morgan fingerprint density at radius 3 is 2.46 bits per heavy atom. The molecular weight excluding hydrogens is 427 g/mol. The topological polar surface area (TPSA) is 84.5 Å². The maximum atomic E-state index is 12.9. The highest BCUT2D eigenvalue weighted by molar-refractivity contribution is 6.67. The molecule has 1 heterocycles. The van der Waals surface area contributed by atoms with Crippen LogP contribution in [-0.2, 0) is 25.5 Å². The molecule has 2 rings (SSSR count). The number of halogens is 3. The zero-order chi connectivity index (χ0) is 20.6. The third kappa shape index (κ3) is 8.05. The lowest BCUT2D eigenvalue weighted by atomic mass is 9.87. The van der Waals surface area contributed by atoms with Crippen LogP contribution in [0.2, 0.25) is 0 Å². The first-order valence-electron chi connectivity index (χ1n) is 9.04. The van der Waals surface area contributed by atoms with E-state index in [0.717, 1.165) is 12.1 Å². The van der Waals surface area contributed by atoms with Crippen LogP contribution in [0.3, 0.4) is 0 Å². The van der Waals surface area contributed by atoms with E-state index in [2.05, 4.69) is 10.6 Å². The molecule has 1 aromatic rings. The molecule has 1 aliphatic heterocycles. The molecule has 0 unspecified atom stereocenters. The average Bonchev–Trinajstić information content (AvgIpc) is 2.69. The predicted molar refractivity (Wildman–Crippen MR) is 109 cm³/mol. The summed E-state index contributed by atoms with van der Waals surface area (Å²) in [5, 5.41) is 6.31. The van der Waals surface area contributed by atoms with Gasteiger partial charge in [-0.3, -0.25) is 9.59 Å². The van der Waals surface area contributed by atoms with E-state index < -0.39 is 28.1 Å². The second kappa shape index (κ2) is 11.1. The normalized spacial score (nSPS) is 18.3. The lowest BCUT2D eigenvalue weighted by Crippen LogP contribution is -2.54. The average molecular weight is 450 g/mol. The van der Waals surface area contributed by atoms with Gasteiger partial charge in [0.25, 0.3) is 0 Å². The Bertz CT molecular complexity index is 674. The Hall–Kier alpha value is -1.18. The van der Waals surface area contributed by atoms with E-state index in [1.165, 1.54) is 0 Å². The quantitative estimate of drug-likeness (QED) is 0.342. The van der Waals surface area contributed by atoms with E-state index in [1.54, 1.807) is 0 Å². The fourth-order valence-corrected chi connectivity index (χ4v) is 3.17. The minimum atomic E-state index is -1.80. The van der Waals surface area contributed by atoms with Gasteiger partial charge in [0, 0.05) is 32.0 Å². The predicted octanol–water partition coefficient (Wildman–Crippen LogP) is 2.24. The van der Waals surface area contributed by atoms with Gasteiger partial charge in [0.15, 0.2) is 5.78 Å². The number of piperazine rings is 1. The number of carbonyl (C=O) groups excluding carboxylic acids is 3.